The van der Waals surface area contributed by atoms with Crippen molar-refractivity contribution in [3.8, 4) is 12.3 Å². The first-order chi connectivity index (χ1) is 14.1. The van der Waals surface area contributed by atoms with Crippen molar-refractivity contribution < 1.29 is 9.53 Å². The number of rotatable bonds is 5. The van der Waals surface area contributed by atoms with Gasteiger partial charge < -0.3 is 9.64 Å². The number of benzene rings is 1. The maximum Gasteiger partial charge on any atom is 0.229 e. The molecule has 0 N–H and O–H groups in total. The number of carbonyl (C=O) groups excluding carboxylic acids is 1. The minimum Gasteiger partial charge on any atom is -0.358 e. The van der Waals surface area contributed by atoms with Crippen LogP contribution in [0.25, 0.3) is 0 Å². The molecule has 6 atom stereocenters. The van der Waals surface area contributed by atoms with E-state index in [0.29, 0.717) is 19.6 Å². The summed E-state index contributed by atoms with van der Waals surface area (Å²) in [4.78, 5) is 15.9. The molecule has 29 heavy (non-hydrogen) atoms. The second-order valence-corrected chi connectivity index (χ2v) is 9.48. The number of hydrogen-bond acceptors (Lipinski definition) is 2. The molecule has 1 aliphatic heterocycles. The van der Waals surface area contributed by atoms with Crippen LogP contribution in [0.4, 0.5) is 0 Å². The molecule has 3 aliphatic carbocycles. The Balaban J connectivity index is 1.72. The van der Waals surface area contributed by atoms with Gasteiger partial charge in [-0.3, -0.25) is 4.79 Å². The third-order valence-corrected chi connectivity index (χ3v) is 8.80. The molecule has 3 nitrogen and oxygen atoms in total. The topological polar surface area (TPSA) is 29.5 Å². The van der Waals surface area contributed by atoms with E-state index in [4.69, 9.17) is 11.2 Å². The van der Waals surface area contributed by atoms with Crippen LogP contribution >= 0.6 is 0 Å². The molecule has 0 radical (unpaired) electrons. The highest BCUT2D eigenvalue weighted by atomic mass is 16.5. The number of ether oxygens (including phenoxy) is 1. The van der Waals surface area contributed by atoms with Gasteiger partial charge in [0.1, 0.15) is 6.23 Å². The van der Waals surface area contributed by atoms with Crippen LogP contribution in [0.15, 0.2) is 42.5 Å². The third kappa shape index (κ3) is 2.06. The molecule has 1 saturated heterocycles. The summed E-state index contributed by atoms with van der Waals surface area (Å²) in [5.41, 5.74) is 1.11. The van der Waals surface area contributed by atoms with E-state index in [-0.39, 0.29) is 40.2 Å². The van der Waals surface area contributed by atoms with Crippen LogP contribution in [0.5, 0.6) is 0 Å². The van der Waals surface area contributed by atoms with Crippen LogP contribution in [0, 0.1) is 35.0 Å². The Hall–Kier alpha value is -2.05. The standard InChI is InChI=1S/C26H31NO2/c1-4-6-18-27-22(28)20-21(23(27)29-5-2)25-15-11-10-14-24(25,3)26(20,17-16-25)19-12-8-7-9-13-19/h1,7-9,12-13,16-17,20-21,23H,5-6,10-11,14-15,18H2,2-3H3/t20-,21+,23-,24-,25+,26+/m0/s1. The van der Waals surface area contributed by atoms with E-state index in [1.54, 1.807) is 0 Å². The van der Waals surface area contributed by atoms with E-state index < -0.39 is 0 Å². The zero-order valence-electron chi connectivity index (χ0n) is 17.6. The number of hydrogen-bond donors (Lipinski definition) is 0. The van der Waals surface area contributed by atoms with E-state index >= 15 is 0 Å². The number of amides is 1. The molecular formula is C26H31NO2. The highest BCUT2D eigenvalue weighted by Crippen LogP contribution is 2.80. The quantitative estimate of drug-likeness (QED) is 0.547. The first-order valence-electron chi connectivity index (χ1n) is 11.2. The van der Waals surface area contributed by atoms with Gasteiger partial charge in [-0.2, -0.15) is 0 Å². The SMILES string of the molecule is C#CCCN1C(=O)[C@@H]2[C@H]([C@@H]1OCC)[C@@]13C=C[C@]2(c2ccccc2)[C@@]1(C)CCCC3. The summed E-state index contributed by atoms with van der Waals surface area (Å²) in [5, 5.41) is 0. The van der Waals surface area contributed by atoms with Gasteiger partial charge in [-0.15, -0.1) is 12.3 Å². The summed E-state index contributed by atoms with van der Waals surface area (Å²) >= 11 is 0. The molecule has 4 aliphatic rings. The molecule has 5 rings (SSSR count). The van der Waals surface area contributed by atoms with Gasteiger partial charge in [-0.25, -0.2) is 0 Å². The Kier molecular flexibility index (Phi) is 4.23. The van der Waals surface area contributed by atoms with Gasteiger partial charge in [-0.05, 0) is 30.7 Å². The zero-order valence-corrected chi connectivity index (χ0v) is 17.6. The molecule has 3 heteroatoms. The largest absolute Gasteiger partial charge is 0.358 e. The van der Waals surface area contributed by atoms with Gasteiger partial charge in [0.25, 0.3) is 0 Å². The lowest BCUT2D eigenvalue weighted by atomic mass is 9.52. The van der Waals surface area contributed by atoms with Crippen LogP contribution in [0.1, 0.15) is 51.5 Å². The van der Waals surface area contributed by atoms with Crippen molar-refractivity contribution in [2.75, 3.05) is 13.2 Å². The fourth-order valence-electron chi connectivity index (χ4n) is 7.76. The Morgan fingerprint density at radius 1 is 1.21 bits per heavy atom. The van der Waals surface area contributed by atoms with Crippen molar-refractivity contribution in [2.24, 2.45) is 22.7 Å². The Morgan fingerprint density at radius 3 is 2.69 bits per heavy atom. The van der Waals surface area contributed by atoms with Crippen molar-refractivity contribution in [1.29, 1.82) is 0 Å². The van der Waals surface area contributed by atoms with Crippen molar-refractivity contribution in [3.63, 3.8) is 0 Å². The van der Waals surface area contributed by atoms with Gasteiger partial charge in [0, 0.05) is 36.3 Å². The van der Waals surface area contributed by atoms with Crippen molar-refractivity contribution in [1.82, 2.24) is 4.90 Å². The first kappa shape index (κ1) is 18.9. The minimum atomic E-state index is -0.253. The van der Waals surface area contributed by atoms with Crippen LogP contribution < -0.4 is 0 Å². The number of allylic oxidation sites excluding steroid dienone is 2. The molecule has 1 amide bonds. The molecule has 2 bridgehead atoms. The van der Waals surface area contributed by atoms with Crippen LogP contribution in [-0.2, 0) is 14.9 Å². The van der Waals surface area contributed by atoms with Gasteiger partial charge in [0.2, 0.25) is 5.91 Å². The smallest absolute Gasteiger partial charge is 0.229 e. The molecular weight excluding hydrogens is 358 g/mol. The second kappa shape index (κ2) is 6.47. The highest BCUT2D eigenvalue weighted by molar-refractivity contribution is 5.87. The molecule has 2 saturated carbocycles. The Bertz CT molecular complexity index is 886. The van der Waals surface area contributed by atoms with E-state index in [9.17, 15) is 4.79 Å². The van der Waals surface area contributed by atoms with E-state index in [1.807, 2.05) is 11.8 Å². The predicted octanol–water partition coefficient (Wildman–Crippen LogP) is 4.54. The zero-order chi connectivity index (χ0) is 20.3. The minimum absolute atomic E-state index is 0.0200. The van der Waals surface area contributed by atoms with E-state index in [0.717, 1.165) is 6.42 Å². The lowest BCUT2D eigenvalue weighted by molar-refractivity contribution is -0.144. The van der Waals surface area contributed by atoms with Gasteiger partial charge in [-0.1, -0.05) is 62.2 Å². The number of carbonyl (C=O) groups is 1. The maximum atomic E-state index is 14.0. The number of terminal acetylenes is 1. The summed E-state index contributed by atoms with van der Waals surface area (Å²) in [7, 11) is 0. The van der Waals surface area contributed by atoms with Gasteiger partial charge in [0.15, 0.2) is 0 Å². The average Bonchev–Trinajstić information content (AvgIpc) is 3.26. The van der Waals surface area contributed by atoms with Crippen LogP contribution in [0.3, 0.4) is 0 Å². The summed E-state index contributed by atoms with van der Waals surface area (Å²) in [6.45, 7) is 5.69. The molecule has 152 valence electrons. The second-order valence-electron chi connectivity index (χ2n) is 9.48. The summed E-state index contributed by atoms with van der Waals surface area (Å²) in [6, 6.07) is 10.8. The number of fused-ring (bicyclic) bond motifs is 2. The third-order valence-electron chi connectivity index (χ3n) is 8.80. The average molecular weight is 390 g/mol. The van der Waals surface area contributed by atoms with Crippen LogP contribution in [-0.4, -0.2) is 30.2 Å². The fourth-order valence-corrected chi connectivity index (χ4v) is 7.76. The molecule has 0 aromatic heterocycles. The number of nitrogens with zero attached hydrogens (tertiary/aromatic N) is 1. The van der Waals surface area contributed by atoms with Crippen LogP contribution in [0.2, 0.25) is 0 Å². The molecule has 0 spiro atoms. The molecule has 1 aromatic carbocycles. The lowest BCUT2D eigenvalue weighted by Crippen LogP contribution is -2.51. The Labute approximate surface area is 174 Å². The van der Waals surface area contributed by atoms with Gasteiger partial charge >= 0.3 is 0 Å². The van der Waals surface area contributed by atoms with E-state index in [2.05, 4.69) is 55.3 Å². The Morgan fingerprint density at radius 2 is 1.97 bits per heavy atom. The molecule has 0 unspecified atom stereocenters. The molecule has 1 aromatic rings. The normalized spacial score (nSPS) is 42.0. The van der Waals surface area contributed by atoms with Crippen molar-refractivity contribution >= 4 is 5.91 Å². The maximum absolute atomic E-state index is 14.0. The molecule has 1 heterocycles. The van der Waals surface area contributed by atoms with E-state index in [1.165, 1.54) is 24.8 Å². The van der Waals surface area contributed by atoms with Crippen molar-refractivity contribution in [2.45, 2.75) is 57.6 Å². The summed E-state index contributed by atoms with van der Waals surface area (Å²) < 4.78 is 6.32. The van der Waals surface area contributed by atoms with Gasteiger partial charge in [0.05, 0.1) is 5.92 Å². The highest BCUT2D eigenvalue weighted by Gasteiger charge is 2.81. The first-order valence-corrected chi connectivity index (χ1v) is 11.2. The predicted molar refractivity (Wildman–Crippen MR) is 114 cm³/mol. The van der Waals surface area contributed by atoms with Crippen molar-refractivity contribution in [3.05, 3.63) is 48.0 Å². The lowest BCUT2D eigenvalue weighted by Gasteiger charge is -2.52. The number of likely N-dealkylation sites (tertiary alicyclic amines) is 1. The molecule has 3 fully saturated rings. The monoisotopic (exact) mass is 389 g/mol. The summed E-state index contributed by atoms with van der Waals surface area (Å²) in [6.07, 6.45) is 15.6. The fraction of sp³-hybridized carbons (Fsp3) is 0.577. The summed E-state index contributed by atoms with van der Waals surface area (Å²) in [5.74, 6) is 3.10.